The molecule has 0 bridgehead atoms. The number of hydrogen-bond donors (Lipinski definition) is 0. The average Bonchev–Trinajstić information content (AvgIpc) is 2.93. The molecular weight excluding hydrogens is 308 g/mol. The van der Waals surface area contributed by atoms with Crippen molar-refractivity contribution in [1.82, 2.24) is 14.9 Å². The molecule has 1 fully saturated rings. The van der Waals surface area contributed by atoms with Crippen molar-refractivity contribution in [2.24, 2.45) is 0 Å². The molecule has 3 rings (SSSR count). The van der Waals surface area contributed by atoms with E-state index >= 15 is 0 Å². The van der Waals surface area contributed by atoms with E-state index in [4.69, 9.17) is 14.4 Å². The molecule has 1 aliphatic rings. The summed E-state index contributed by atoms with van der Waals surface area (Å²) in [5.41, 5.74) is 0.743. The normalized spacial score (nSPS) is 17.4. The predicted octanol–water partition coefficient (Wildman–Crippen LogP) is 2.24. The van der Waals surface area contributed by atoms with Crippen LogP contribution in [-0.4, -0.2) is 40.0 Å². The zero-order valence-corrected chi connectivity index (χ0v) is 13.7. The number of ether oxygens (including phenoxy) is 1. The molecule has 0 radical (unpaired) electrons. The summed E-state index contributed by atoms with van der Waals surface area (Å²) in [6.45, 7) is 4.73. The second-order valence-corrected chi connectivity index (χ2v) is 5.78. The van der Waals surface area contributed by atoms with Crippen LogP contribution in [0.3, 0.4) is 0 Å². The first-order chi connectivity index (χ1) is 11.6. The van der Waals surface area contributed by atoms with E-state index in [1.165, 1.54) is 12.4 Å². The van der Waals surface area contributed by atoms with Crippen molar-refractivity contribution in [3.8, 4) is 11.9 Å². The van der Waals surface area contributed by atoms with Gasteiger partial charge in [0.15, 0.2) is 0 Å². The predicted molar refractivity (Wildman–Crippen MR) is 84.5 cm³/mol. The first-order valence-electron chi connectivity index (χ1n) is 7.82. The third-order valence-corrected chi connectivity index (χ3v) is 3.99. The van der Waals surface area contributed by atoms with Crippen LogP contribution in [0.1, 0.15) is 40.4 Å². The second kappa shape index (κ2) is 6.71. The second-order valence-electron chi connectivity index (χ2n) is 5.78. The van der Waals surface area contributed by atoms with Crippen molar-refractivity contribution in [2.45, 2.75) is 32.8 Å². The number of carbonyl (C=O) groups excluding carboxylic acids is 1. The zero-order chi connectivity index (χ0) is 17.1. The average molecular weight is 326 g/mol. The zero-order valence-electron chi connectivity index (χ0n) is 13.7. The number of furan rings is 1. The first kappa shape index (κ1) is 16.0. The van der Waals surface area contributed by atoms with E-state index in [-0.39, 0.29) is 23.6 Å². The Bertz CT molecular complexity index is 793. The number of aryl methyl sites for hydroxylation is 2. The number of piperidine rings is 1. The number of rotatable bonds is 3. The molecule has 0 aliphatic carbocycles. The fraction of sp³-hybridized carbons (Fsp3) is 0.412. The minimum atomic E-state index is -0.209. The van der Waals surface area contributed by atoms with Crippen LogP contribution >= 0.6 is 0 Å². The van der Waals surface area contributed by atoms with Crippen LogP contribution in [0.25, 0.3) is 0 Å². The van der Waals surface area contributed by atoms with Gasteiger partial charge in [-0.15, -0.1) is 0 Å². The Morgan fingerprint density at radius 3 is 2.92 bits per heavy atom. The largest absolute Gasteiger partial charge is 0.470 e. The van der Waals surface area contributed by atoms with Crippen LogP contribution in [0.4, 0.5) is 0 Å². The SMILES string of the molecule is Cc1cc(C(=O)N2CCCC(Oc3nccnc3C#N)C2)c(C)o1. The lowest BCUT2D eigenvalue weighted by Gasteiger charge is -2.32. The Balaban J connectivity index is 1.71. The molecule has 2 aromatic rings. The van der Waals surface area contributed by atoms with Gasteiger partial charge in [0.25, 0.3) is 11.8 Å². The van der Waals surface area contributed by atoms with Gasteiger partial charge in [-0.1, -0.05) is 0 Å². The maximum absolute atomic E-state index is 12.7. The molecule has 0 saturated carbocycles. The van der Waals surface area contributed by atoms with Crippen molar-refractivity contribution in [1.29, 1.82) is 5.26 Å². The number of likely N-dealkylation sites (tertiary alicyclic amines) is 1. The maximum atomic E-state index is 12.7. The summed E-state index contributed by atoms with van der Waals surface area (Å²) in [6.07, 6.45) is 4.36. The fourth-order valence-corrected chi connectivity index (χ4v) is 2.88. The summed E-state index contributed by atoms with van der Waals surface area (Å²) >= 11 is 0. The molecule has 7 heteroatoms. The minimum Gasteiger partial charge on any atom is -0.470 e. The number of nitrogens with zero attached hydrogens (tertiary/aromatic N) is 4. The summed E-state index contributed by atoms with van der Waals surface area (Å²) in [5, 5.41) is 9.06. The van der Waals surface area contributed by atoms with Gasteiger partial charge in [0.2, 0.25) is 5.69 Å². The van der Waals surface area contributed by atoms with E-state index < -0.39 is 0 Å². The van der Waals surface area contributed by atoms with E-state index in [0.29, 0.717) is 24.4 Å². The lowest BCUT2D eigenvalue weighted by atomic mass is 10.1. The summed E-state index contributed by atoms with van der Waals surface area (Å²) in [4.78, 5) is 22.4. The van der Waals surface area contributed by atoms with Crippen molar-refractivity contribution < 1.29 is 13.9 Å². The van der Waals surface area contributed by atoms with Crippen LogP contribution in [0.15, 0.2) is 22.9 Å². The number of carbonyl (C=O) groups is 1. The molecule has 1 atom stereocenters. The summed E-state index contributed by atoms with van der Waals surface area (Å²) in [7, 11) is 0. The lowest BCUT2D eigenvalue weighted by Crippen LogP contribution is -2.44. The van der Waals surface area contributed by atoms with E-state index in [0.717, 1.165) is 18.6 Å². The molecule has 1 saturated heterocycles. The lowest BCUT2D eigenvalue weighted by molar-refractivity contribution is 0.0524. The Morgan fingerprint density at radius 1 is 1.42 bits per heavy atom. The molecule has 0 aromatic carbocycles. The Labute approximate surface area is 139 Å². The van der Waals surface area contributed by atoms with E-state index in [9.17, 15) is 4.79 Å². The van der Waals surface area contributed by atoms with Gasteiger partial charge in [0.05, 0.1) is 12.1 Å². The molecule has 24 heavy (non-hydrogen) atoms. The van der Waals surface area contributed by atoms with Gasteiger partial charge in [-0.25, -0.2) is 9.97 Å². The van der Waals surface area contributed by atoms with Crippen LogP contribution in [0, 0.1) is 25.2 Å². The number of nitriles is 1. The first-order valence-corrected chi connectivity index (χ1v) is 7.82. The van der Waals surface area contributed by atoms with E-state index in [2.05, 4.69) is 9.97 Å². The van der Waals surface area contributed by atoms with Gasteiger partial charge in [-0.2, -0.15) is 5.26 Å². The quantitative estimate of drug-likeness (QED) is 0.859. The topological polar surface area (TPSA) is 92.3 Å². The number of amides is 1. The van der Waals surface area contributed by atoms with Gasteiger partial charge in [0.1, 0.15) is 23.7 Å². The standard InChI is InChI=1S/C17H18N4O3/c1-11-8-14(12(2)23-11)17(22)21-7-3-4-13(10-21)24-16-15(9-18)19-5-6-20-16/h5-6,8,13H,3-4,7,10H2,1-2H3. The third-order valence-electron chi connectivity index (χ3n) is 3.99. The molecule has 7 nitrogen and oxygen atoms in total. The molecular formula is C17H18N4O3. The van der Waals surface area contributed by atoms with Crippen molar-refractivity contribution in [3.63, 3.8) is 0 Å². The van der Waals surface area contributed by atoms with Crippen LogP contribution < -0.4 is 4.74 Å². The van der Waals surface area contributed by atoms with E-state index in [1.807, 2.05) is 13.0 Å². The van der Waals surface area contributed by atoms with Gasteiger partial charge in [-0.3, -0.25) is 4.79 Å². The highest BCUT2D eigenvalue weighted by atomic mass is 16.5. The van der Waals surface area contributed by atoms with E-state index in [1.54, 1.807) is 17.9 Å². The Kier molecular flexibility index (Phi) is 4.47. The molecule has 0 spiro atoms. The Morgan fingerprint density at radius 2 is 2.21 bits per heavy atom. The Hall–Kier alpha value is -2.88. The summed E-state index contributed by atoms with van der Waals surface area (Å²) < 4.78 is 11.3. The highest BCUT2D eigenvalue weighted by molar-refractivity contribution is 5.95. The number of hydrogen-bond acceptors (Lipinski definition) is 6. The molecule has 2 aromatic heterocycles. The van der Waals surface area contributed by atoms with Crippen LogP contribution in [-0.2, 0) is 0 Å². The van der Waals surface area contributed by atoms with Crippen molar-refractivity contribution in [2.75, 3.05) is 13.1 Å². The van der Waals surface area contributed by atoms with Gasteiger partial charge < -0.3 is 14.1 Å². The van der Waals surface area contributed by atoms with Gasteiger partial charge >= 0.3 is 0 Å². The smallest absolute Gasteiger partial charge is 0.257 e. The van der Waals surface area contributed by atoms with Gasteiger partial charge in [0, 0.05) is 18.9 Å². The summed E-state index contributed by atoms with van der Waals surface area (Å²) in [6, 6.07) is 3.73. The molecule has 1 unspecified atom stereocenters. The maximum Gasteiger partial charge on any atom is 0.257 e. The molecule has 1 aliphatic heterocycles. The highest BCUT2D eigenvalue weighted by Gasteiger charge is 2.28. The highest BCUT2D eigenvalue weighted by Crippen LogP contribution is 2.22. The minimum absolute atomic E-state index is 0.0581. The molecule has 3 heterocycles. The van der Waals surface area contributed by atoms with Crippen LogP contribution in [0.2, 0.25) is 0 Å². The number of aromatic nitrogens is 2. The summed E-state index contributed by atoms with van der Waals surface area (Å²) in [5.74, 6) is 1.51. The monoisotopic (exact) mass is 326 g/mol. The van der Waals surface area contributed by atoms with Crippen LogP contribution in [0.5, 0.6) is 5.88 Å². The fourth-order valence-electron chi connectivity index (χ4n) is 2.88. The molecule has 0 N–H and O–H groups in total. The van der Waals surface area contributed by atoms with Gasteiger partial charge in [-0.05, 0) is 32.8 Å². The molecule has 124 valence electrons. The van der Waals surface area contributed by atoms with Crippen molar-refractivity contribution in [3.05, 3.63) is 41.2 Å². The molecule has 1 amide bonds. The van der Waals surface area contributed by atoms with Crippen molar-refractivity contribution >= 4 is 5.91 Å². The third kappa shape index (κ3) is 3.23.